The average molecular weight is 283 g/mol. The average Bonchev–Trinajstić information content (AvgIpc) is 2.41. The second-order valence-electron chi connectivity index (χ2n) is 3.80. The standard InChI is InChI=1S/C14H9ClF2O2/c15-14-9(2-1-3-12(14)17)8-19-13-5-4-11(16)6-10(13)7-18/h1-7H,8H2. The van der Waals surface area contributed by atoms with Crippen molar-refractivity contribution in [2.75, 3.05) is 0 Å². The van der Waals surface area contributed by atoms with Crippen molar-refractivity contribution in [1.82, 2.24) is 0 Å². The van der Waals surface area contributed by atoms with Crippen molar-refractivity contribution in [2.45, 2.75) is 6.61 Å². The summed E-state index contributed by atoms with van der Waals surface area (Å²) < 4.78 is 31.5. The molecule has 2 rings (SSSR count). The molecule has 0 saturated heterocycles. The second kappa shape index (κ2) is 5.80. The number of rotatable bonds is 4. The molecule has 0 aliphatic heterocycles. The maximum atomic E-state index is 13.2. The number of hydrogen-bond acceptors (Lipinski definition) is 2. The number of carbonyl (C=O) groups is 1. The molecule has 2 aromatic carbocycles. The predicted octanol–water partition coefficient (Wildman–Crippen LogP) is 4.01. The Hall–Kier alpha value is -1.94. The Morgan fingerprint density at radius 3 is 2.74 bits per heavy atom. The van der Waals surface area contributed by atoms with Crippen LogP contribution >= 0.6 is 11.6 Å². The molecule has 5 heteroatoms. The third kappa shape index (κ3) is 3.09. The SMILES string of the molecule is O=Cc1cc(F)ccc1OCc1cccc(F)c1Cl. The van der Waals surface area contributed by atoms with Crippen molar-refractivity contribution in [3.05, 3.63) is 64.2 Å². The molecule has 0 aliphatic carbocycles. The van der Waals surface area contributed by atoms with Gasteiger partial charge in [-0.05, 0) is 24.3 Å². The Balaban J connectivity index is 2.19. The van der Waals surface area contributed by atoms with E-state index in [0.29, 0.717) is 11.8 Å². The number of halogens is 3. The number of benzene rings is 2. The zero-order chi connectivity index (χ0) is 13.8. The van der Waals surface area contributed by atoms with Crippen molar-refractivity contribution in [2.24, 2.45) is 0 Å². The van der Waals surface area contributed by atoms with Crippen LogP contribution in [0.15, 0.2) is 36.4 Å². The first-order chi connectivity index (χ1) is 9.11. The van der Waals surface area contributed by atoms with Gasteiger partial charge in [0.15, 0.2) is 6.29 Å². The van der Waals surface area contributed by atoms with E-state index in [9.17, 15) is 13.6 Å². The highest BCUT2D eigenvalue weighted by molar-refractivity contribution is 6.31. The molecule has 0 amide bonds. The summed E-state index contributed by atoms with van der Waals surface area (Å²) in [6.45, 7) is -0.0108. The maximum absolute atomic E-state index is 13.2. The van der Waals surface area contributed by atoms with Crippen LogP contribution in [0.3, 0.4) is 0 Å². The summed E-state index contributed by atoms with van der Waals surface area (Å²) in [7, 11) is 0. The predicted molar refractivity (Wildman–Crippen MR) is 67.5 cm³/mol. The first kappa shape index (κ1) is 13.5. The fourth-order valence-electron chi connectivity index (χ4n) is 1.56. The van der Waals surface area contributed by atoms with Crippen LogP contribution in [0.25, 0.3) is 0 Å². The van der Waals surface area contributed by atoms with Crippen LogP contribution in [0.1, 0.15) is 15.9 Å². The van der Waals surface area contributed by atoms with Gasteiger partial charge in [0.1, 0.15) is 24.0 Å². The normalized spacial score (nSPS) is 10.3. The third-order valence-electron chi connectivity index (χ3n) is 2.51. The number of hydrogen-bond donors (Lipinski definition) is 0. The Kier molecular flexibility index (Phi) is 4.12. The molecular weight excluding hydrogens is 274 g/mol. The molecule has 19 heavy (non-hydrogen) atoms. The van der Waals surface area contributed by atoms with Gasteiger partial charge in [0, 0.05) is 5.56 Å². The van der Waals surface area contributed by atoms with Gasteiger partial charge >= 0.3 is 0 Å². The van der Waals surface area contributed by atoms with Gasteiger partial charge in [0.25, 0.3) is 0 Å². The van der Waals surface area contributed by atoms with Gasteiger partial charge < -0.3 is 4.74 Å². The molecule has 98 valence electrons. The Bertz CT molecular complexity index is 614. The second-order valence-corrected chi connectivity index (χ2v) is 4.18. The van der Waals surface area contributed by atoms with Gasteiger partial charge in [-0.2, -0.15) is 0 Å². The molecule has 0 aromatic heterocycles. The minimum Gasteiger partial charge on any atom is -0.488 e. The summed E-state index contributed by atoms with van der Waals surface area (Å²) >= 11 is 5.77. The maximum Gasteiger partial charge on any atom is 0.153 e. The lowest BCUT2D eigenvalue weighted by atomic mass is 10.2. The highest BCUT2D eigenvalue weighted by Gasteiger charge is 2.08. The van der Waals surface area contributed by atoms with E-state index >= 15 is 0 Å². The molecule has 0 radical (unpaired) electrons. The molecule has 2 nitrogen and oxygen atoms in total. The van der Waals surface area contributed by atoms with E-state index in [1.54, 1.807) is 6.07 Å². The van der Waals surface area contributed by atoms with Gasteiger partial charge in [0.2, 0.25) is 0 Å². The molecule has 0 fully saturated rings. The smallest absolute Gasteiger partial charge is 0.153 e. The van der Waals surface area contributed by atoms with E-state index < -0.39 is 11.6 Å². The lowest BCUT2D eigenvalue weighted by Crippen LogP contribution is -2.00. The van der Waals surface area contributed by atoms with E-state index in [0.717, 1.165) is 6.07 Å². The number of aldehydes is 1. The van der Waals surface area contributed by atoms with Crippen LogP contribution in [0.2, 0.25) is 5.02 Å². The Morgan fingerprint density at radius 2 is 2.00 bits per heavy atom. The van der Waals surface area contributed by atoms with Gasteiger partial charge in [0.05, 0.1) is 10.6 Å². The van der Waals surface area contributed by atoms with E-state index in [2.05, 4.69) is 0 Å². The number of carbonyl (C=O) groups excluding carboxylic acids is 1. The van der Waals surface area contributed by atoms with Crippen LogP contribution < -0.4 is 4.74 Å². The molecule has 0 saturated carbocycles. The molecule has 0 spiro atoms. The Labute approximate surface area is 113 Å². The first-order valence-electron chi connectivity index (χ1n) is 5.42. The van der Waals surface area contributed by atoms with Crippen molar-refractivity contribution in [1.29, 1.82) is 0 Å². The molecule has 0 heterocycles. The van der Waals surface area contributed by atoms with Crippen LogP contribution in [0.5, 0.6) is 5.75 Å². The molecule has 0 unspecified atom stereocenters. The monoisotopic (exact) mass is 282 g/mol. The Morgan fingerprint density at radius 1 is 1.21 bits per heavy atom. The minimum absolute atomic E-state index is 0.0108. The van der Waals surface area contributed by atoms with Crippen LogP contribution in [-0.4, -0.2) is 6.29 Å². The van der Waals surface area contributed by atoms with Crippen molar-refractivity contribution >= 4 is 17.9 Å². The first-order valence-corrected chi connectivity index (χ1v) is 5.80. The molecule has 0 atom stereocenters. The zero-order valence-electron chi connectivity index (χ0n) is 9.70. The fourth-order valence-corrected chi connectivity index (χ4v) is 1.74. The summed E-state index contributed by atoms with van der Waals surface area (Å²) in [5.74, 6) is -0.854. The van der Waals surface area contributed by atoms with Crippen molar-refractivity contribution < 1.29 is 18.3 Å². The van der Waals surface area contributed by atoms with Crippen LogP contribution in [0.4, 0.5) is 8.78 Å². The summed E-state index contributed by atoms with van der Waals surface area (Å²) in [5.41, 5.74) is 0.537. The highest BCUT2D eigenvalue weighted by atomic mass is 35.5. The van der Waals surface area contributed by atoms with Gasteiger partial charge in [-0.3, -0.25) is 4.79 Å². The fraction of sp³-hybridized carbons (Fsp3) is 0.0714. The van der Waals surface area contributed by atoms with E-state index in [1.165, 1.54) is 24.3 Å². The van der Waals surface area contributed by atoms with Crippen LogP contribution in [0, 0.1) is 11.6 Å². The van der Waals surface area contributed by atoms with Gasteiger partial charge in [-0.25, -0.2) is 8.78 Å². The van der Waals surface area contributed by atoms with Crippen molar-refractivity contribution in [3.8, 4) is 5.75 Å². The highest BCUT2D eigenvalue weighted by Crippen LogP contribution is 2.23. The van der Waals surface area contributed by atoms with Crippen molar-refractivity contribution in [3.63, 3.8) is 0 Å². The number of ether oxygens (including phenoxy) is 1. The minimum atomic E-state index is -0.544. The van der Waals surface area contributed by atoms with Gasteiger partial charge in [-0.1, -0.05) is 23.7 Å². The largest absolute Gasteiger partial charge is 0.488 e. The lowest BCUT2D eigenvalue weighted by Gasteiger charge is -2.10. The third-order valence-corrected chi connectivity index (χ3v) is 2.94. The van der Waals surface area contributed by atoms with E-state index in [-0.39, 0.29) is 22.9 Å². The molecule has 2 aromatic rings. The summed E-state index contributed by atoms with van der Waals surface area (Å²) in [4.78, 5) is 10.8. The van der Waals surface area contributed by atoms with Gasteiger partial charge in [-0.15, -0.1) is 0 Å². The van der Waals surface area contributed by atoms with E-state index in [4.69, 9.17) is 16.3 Å². The zero-order valence-corrected chi connectivity index (χ0v) is 10.5. The van der Waals surface area contributed by atoms with Crippen LogP contribution in [-0.2, 0) is 6.61 Å². The lowest BCUT2D eigenvalue weighted by molar-refractivity contribution is 0.111. The molecule has 0 N–H and O–H groups in total. The quantitative estimate of drug-likeness (QED) is 0.792. The summed E-state index contributed by atoms with van der Waals surface area (Å²) in [6, 6.07) is 7.93. The summed E-state index contributed by atoms with van der Waals surface area (Å²) in [5, 5.41) is -0.0303. The summed E-state index contributed by atoms with van der Waals surface area (Å²) in [6.07, 6.45) is 0.492. The molecule has 0 aliphatic rings. The molecule has 0 bridgehead atoms. The van der Waals surface area contributed by atoms with E-state index in [1.807, 2.05) is 0 Å². The topological polar surface area (TPSA) is 26.3 Å². The molecular formula is C14H9ClF2O2.